The smallest absolute Gasteiger partial charge is 0.208 e. The average Bonchev–Trinajstić information content (AvgIpc) is 2.75. The van der Waals surface area contributed by atoms with Gasteiger partial charge in [-0.1, -0.05) is 19.0 Å². The monoisotopic (exact) mass is 278 g/mol. The number of aliphatic hydroxyl groups excluding tert-OH is 1. The highest BCUT2D eigenvalue weighted by Gasteiger charge is 2.13. The lowest BCUT2D eigenvalue weighted by Crippen LogP contribution is -2.35. The molecule has 2 aromatic rings. The molecule has 0 aliphatic heterocycles. The number of rotatable bonds is 6. The molecule has 0 aliphatic carbocycles. The summed E-state index contributed by atoms with van der Waals surface area (Å²) in [5.41, 5.74) is 2.56. The molecule has 1 aromatic heterocycles. The molecule has 0 spiro atoms. The molecule has 2 rings (SSSR count). The zero-order chi connectivity index (χ0) is 14.7. The summed E-state index contributed by atoms with van der Waals surface area (Å²) in [5.74, 6) is 0.629. The SMILES string of the molecule is Cc1cc(OCC(O)CNC(C)C)c2onc(C)c2c1. The molecule has 5 nitrogen and oxygen atoms in total. The highest BCUT2D eigenvalue weighted by Crippen LogP contribution is 2.29. The summed E-state index contributed by atoms with van der Waals surface area (Å²) >= 11 is 0. The zero-order valence-corrected chi connectivity index (χ0v) is 12.4. The Morgan fingerprint density at radius 2 is 2.10 bits per heavy atom. The van der Waals surface area contributed by atoms with Crippen molar-refractivity contribution in [3.63, 3.8) is 0 Å². The van der Waals surface area contributed by atoms with Gasteiger partial charge in [0, 0.05) is 18.0 Å². The van der Waals surface area contributed by atoms with Crippen LogP contribution in [0.15, 0.2) is 16.7 Å². The van der Waals surface area contributed by atoms with Gasteiger partial charge in [-0.3, -0.25) is 0 Å². The predicted molar refractivity (Wildman–Crippen MR) is 78.1 cm³/mol. The Labute approximate surface area is 118 Å². The van der Waals surface area contributed by atoms with Gasteiger partial charge in [-0.25, -0.2) is 0 Å². The fourth-order valence-corrected chi connectivity index (χ4v) is 1.99. The summed E-state index contributed by atoms with van der Waals surface area (Å²) in [6, 6.07) is 4.26. The third-order valence-corrected chi connectivity index (χ3v) is 3.06. The Morgan fingerprint density at radius 1 is 1.35 bits per heavy atom. The van der Waals surface area contributed by atoms with E-state index in [2.05, 4.69) is 10.5 Å². The first kappa shape index (κ1) is 14.8. The summed E-state index contributed by atoms with van der Waals surface area (Å²) in [7, 11) is 0. The molecule has 0 bridgehead atoms. The standard InChI is InChI=1S/C15H22N2O3/c1-9(2)16-7-12(18)8-19-14-6-10(3)5-13-11(4)17-20-15(13)14/h5-6,9,12,16,18H,7-8H2,1-4H3. The summed E-state index contributed by atoms with van der Waals surface area (Å²) in [6.45, 7) is 8.69. The molecule has 20 heavy (non-hydrogen) atoms. The number of ether oxygens (including phenoxy) is 1. The van der Waals surface area contributed by atoms with E-state index in [1.807, 2.05) is 39.8 Å². The fourth-order valence-electron chi connectivity index (χ4n) is 1.99. The lowest BCUT2D eigenvalue weighted by molar-refractivity contribution is 0.104. The summed E-state index contributed by atoms with van der Waals surface area (Å²) in [6.07, 6.45) is -0.558. The molecule has 1 heterocycles. The van der Waals surface area contributed by atoms with E-state index in [1.165, 1.54) is 0 Å². The maximum atomic E-state index is 9.87. The Morgan fingerprint density at radius 3 is 2.80 bits per heavy atom. The molecule has 0 aliphatic rings. The number of aliphatic hydroxyl groups is 1. The Kier molecular flexibility index (Phi) is 4.62. The molecule has 1 aromatic carbocycles. The number of aryl methyl sites for hydroxylation is 2. The number of aromatic nitrogens is 1. The summed E-state index contributed by atoms with van der Waals surface area (Å²) < 4.78 is 11.0. The Bertz CT molecular complexity index is 578. The molecule has 0 amide bonds. The van der Waals surface area contributed by atoms with Gasteiger partial charge in [-0.2, -0.15) is 0 Å². The van der Waals surface area contributed by atoms with E-state index >= 15 is 0 Å². The van der Waals surface area contributed by atoms with Crippen LogP contribution in [0.25, 0.3) is 11.0 Å². The molecule has 1 unspecified atom stereocenters. The van der Waals surface area contributed by atoms with Crippen molar-refractivity contribution in [3.05, 3.63) is 23.4 Å². The van der Waals surface area contributed by atoms with Crippen molar-refractivity contribution in [1.29, 1.82) is 0 Å². The molecule has 110 valence electrons. The average molecular weight is 278 g/mol. The first-order valence-electron chi connectivity index (χ1n) is 6.88. The Balaban J connectivity index is 2.06. The maximum Gasteiger partial charge on any atom is 0.208 e. The lowest BCUT2D eigenvalue weighted by Gasteiger charge is -2.15. The number of nitrogens with one attached hydrogen (secondary N) is 1. The van der Waals surface area contributed by atoms with Crippen LogP contribution in [0.1, 0.15) is 25.1 Å². The molecule has 1 atom stereocenters. The van der Waals surface area contributed by atoms with Gasteiger partial charge >= 0.3 is 0 Å². The van der Waals surface area contributed by atoms with Gasteiger partial charge in [-0.15, -0.1) is 0 Å². The number of benzene rings is 1. The largest absolute Gasteiger partial charge is 0.487 e. The maximum absolute atomic E-state index is 9.87. The minimum atomic E-state index is -0.558. The molecule has 0 radical (unpaired) electrons. The second-order valence-corrected chi connectivity index (χ2v) is 5.44. The van der Waals surface area contributed by atoms with Crippen LogP contribution in [0.4, 0.5) is 0 Å². The molecule has 5 heteroatoms. The number of hydrogen-bond acceptors (Lipinski definition) is 5. The van der Waals surface area contributed by atoms with E-state index in [0.717, 1.165) is 16.6 Å². The van der Waals surface area contributed by atoms with E-state index < -0.39 is 6.10 Å². The van der Waals surface area contributed by atoms with E-state index in [0.29, 0.717) is 23.9 Å². The molecule has 2 N–H and O–H groups in total. The van der Waals surface area contributed by atoms with Crippen molar-refractivity contribution in [2.75, 3.05) is 13.2 Å². The second kappa shape index (κ2) is 6.24. The van der Waals surface area contributed by atoms with Crippen LogP contribution in [-0.4, -0.2) is 35.6 Å². The van der Waals surface area contributed by atoms with E-state index in [4.69, 9.17) is 9.26 Å². The topological polar surface area (TPSA) is 67.5 Å². The molecule has 0 saturated heterocycles. The zero-order valence-electron chi connectivity index (χ0n) is 12.4. The second-order valence-electron chi connectivity index (χ2n) is 5.44. The third kappa shape index (κ3) is 3.49. The normalized spacial score (nSPS) is 13.1. The van der Waals surface area contributed by atoms with Gasteiger partial charge in [0.25, 0.3) is 0 Å². The lowest BCUT2D eigenvalue weighted by atomic mass is 10.1. The summed E-state index contributed by atoms with van der Waals surface area (Å²) in [4.78, 5) is 0. The van der Waals surface area contributed by atoms with Crippen LogP contribution in [0, 0.1) is 13.8 Å². The Hall–Kier alpha value is -1.59. The van der Waals surface area contributed by atoms with Gasteiger partial charge in [0.15, 0.2) is 5.75 Å². The van der Waals surface area contributed by atoms with Gasteiger partial charge in [0.1, 0.15) is 12.7 Å². The quantitative estimate of drug-likeness (QED) is 0.847. The van der Waals surface area contributed by atoms with Crippen molar-refractivity contribution in [3.8, 4) is 5.75 Å². The van der Waals surface area contributed by atoms with Crippen molar-refractivity contribution in [1.82, 2.24) is 10.5 Å². The van der Waals surface area contributed by atoms with Crippen molar-refractivity contribution >= 4 is 11.0 Å². The van der Waals surface area contributed by atoms with Gasteiger partial charge < -0.3 is 19.7 Å². The van der Waals surface area contributed by atoms with Gasteiger partial charge in [0.2, 0.25) is 5.58 Å². The highest BCUT2D eigenvalue weighted by atomic mass is 16.5. The molecule has 0 fully saturated rings. The van der Waals surface area contributed by atoms with Crippen molar-refractivity contribution < 1.29 is 14.4 Å². The first-order chi connectivity index (χ1) is 9.47. The third-order valence-electron chi connectivity index (χ3n) is 3.06. The number of hydrogen-bond donors (Lipinski definition) is 2. The first-order valence-corrected chi connectivity index (χ1v) is 6.88. The fraction of sp³-hybridized carbons (Fsp3) is 0.533. The van der Waals surface area contributed by atoms with Crippen LogP contribution in [-0.2, 0) is 0 Å². The molecular formula is C15H22N2O3. The number of nitrogens with zero attached hydrogens (tertiary/aromatic N) is 1. The predicted octanol–water partition coefficient (Wildman–Crippen LogP) is 2.18. The number of fused-ring (bicyclic) bond motifs is 1. The van der Waals surface area contributed by atoms with Crippen LogP contribution in [0.5, 0.6) is 5.75 Å². The van der Waals surface area contributed by atoms with E-state index in [-0.39, 0.29) is 6.61 Å². The van der Waals surface area contributed by atoms with Crippen molar-refractivity contribution in [2.45, 2.75) is 39.8 Å². The van der Waals surface area contributed by atoms with Crippen molar-refractivity contribution in [2.24, 2.45) is 0 Å². The van der Waals surface area contributed by atoms with E-state index in [1.54, 1.807) is 0 Å². The molecule has 0 saturated carbocycles. The minimum Gasteiger partial charge on any atom is -0.487 e. The van der Waals surface area contributed by atoms with Gasteiger partial charge in [-0.05, 0) is 31.5 Å². The summed E-state index contributed by atoms with van der Waals surface area (Å²) in [5, 5.41) is 17.9. The van der Waals surface area contributed by atoms with E-state index in [9.17, 15) is 5.11 Å². The van der Waals surface area contributed by atoms with Crippen LogP contribution < -0.4 is 10.1 Å². The van der Waals surface area contributed by atoms with Crippen LogP contribution in [0.3, 0.4) is 0 Å². The van der Waals surface area contributed by atoms with Crippen LogP contribution in [0.2, 0.25) is 0 Å². The minimum absolute atomic E-state index is 0.220. The van der Waals surface area contributed by atoms with Crippen LogP contribution >= 0.6 is 0 Å². The highest BCUT2D eigenvalue weighted by molar-refractivity contribution is 5.85. The molecular weight excluding hydrogens is 256 g/mol. The van der Waals surface area contributed by atoms with Gasteiger partial charge in [0.05, 0.1) is 5.69 Å².